The molecule has 0 aliphatic heterocycles. The molecule has 2 heterocycles. The summed E-state index contributed by atoms with van der Waals surface area (Å²) < 4.78 is 0. The minimum absolute atomic E-state index is 0.264. The van der Waals surface area contributed by atoms with Crippen LogP contribution in [0.5, 0.6) is 0 Å². The summed E-state index contributed by atoms with van der Waals surface area (Å²) in [4.78, 5) is 5.99. The van der Waals surface area contributed by atoms with Crippen molar-refractivity contribution < 1.29 is 0 Å². The van der Waals surface area contributed by atoms with Gasteiger partial charge in [-0.05, 0) is 38.1 Å². The second kappa shape index (κ2) is 5.32. The minimum atomic E-state index is -0.264. The molecule has 100 valence electrons. The van der Waals surface area contributed by atoms with Gasteiger partial charge in [-0.1, -0.05) is 0 Å². The van der Waals surface area contributed by atoms with E-state index < -0.39 is 0 Å². The Hall–Kier alpha value is -2.01. The summed E-state index contributed by atoms with van der Waals surface area (Å²) in [5.74, 6) is 0.816. The molecule has 0 spiro atoms. The topological polar surface area (TPSA) is 67.9 Å². The first-order chi connectivity index (χ1) is 8.96. The lowest BCUT2D eigenvalue weighted by molar-refractivity contribution is 0.516. The van der Waals surface area contributed by atoms with E-state index in [1.54, 1.807) is 12.4 Å². The SMILES string of the molecule is CN(CC(C)(C)N)c1ccc(-c2ccncc2)nn1. The Bertz CT molecular complexity index is 516. The Morgan fingerprint density at radius 3 is 2.32 bits per heavy atom. The molecule has 0 atom stereocenters. The van der Waals surface area contributed by atoms with Gasteiger partial charge in [0.25, 0.3) is 0 Å². The van der Waals surface area contributed by atoms with Crippen LogP contribution in [0.1, 0.15) is 13.8 Å². The molecule has 0 unspecified atom stereocenters. The van der Waals surface area contributed by atoms with E-state index in [1.165, 1.54) is 0 Å². The third-order valence-electron chi connectivity index (χ3n) is 2.66. The highest BCUT2D eigenvalue weighted by Crippen LogP contribution is 2.17. The molecule has 2 rings (SSSR count). The molecule has 0 fully saturated rings. The van der Waals surface area contributed by atoms with E-state index in [0.717, 1.165) is 23.6 Å². The maximum Gasteiger partial charge on any atom is 0.151 e. The van der Waals surface area contributed by atoms with Gasteiger partial charge in [-0.2, -0.15) is 0 Å². The molecule has 19 heavy (non-hydrogen) atoms. The smallest absolute Gasteiger partial charge is 0.151 e. The van der Waals surface area contributed by atoms with E-state index in [0.29, 0.717) is 0 Å². The van der Waals surface area contributed by atoms with Crippen LogP contribution in [0.3, 0.4) is 0 Å². The van der Waals surface area contributed by atoms with Gasteiger partial charge >= 0.3 is 0 Å². The maximum absolute atomic E-state index is 6.00. The number of rotatable bonds is 4. The van der Waals surface area contributed by atoms with Crippen LogP contribution in [0, 0.1) is 0 Å². The van der Waals surface area contributed by atoms with Crippen molar-refractivity contribution in [2.45, 2.75) is 19.4 Å². The number of pyridine rings is 1. The second-order valence-electron chi connectivity index (χ2n) is 5.36. The highest BCUT2D eigenvalue weighted by atomic mass is 15.3. The van der Waals surface area contributed by atoms with Crippen molar-refractivity contribution in [1.29, 1.82) is 0 Å². The summed E-state index contributed by atoms with van der Waals surface area (Å²) in [6.45, 7) is 4.70. The number of likely N-dealkylation sites (N-methyl/N-ethyl adjacent to an activating group) is 1. The summed E-state index contributed by atoms with van der Waals surface area (Å²) in [5.41, 5.74) is 7.58. The van der Waals surface area contributed by atoms with Gasteiger partial charge < -0.3 is 10.6 Å². The molecule has 0 bridgehead atoms. The van der Waals surface area contributed by atoms with Crippen LogP contribution < -0.4 is 10.6 Å². The zero-order valence-electron chi connectivity index (χ0n) is 11.5. The molecular weight excluding hydrogens is 238 g/mol. The van der Waals surface area contributed by atoms with E-state index >= 15 is 0 Å². The quantitative estimate of drug-likeness (QED) is 0.903. The molecule has 2 aromatic rings. The lowest BCUT2D eigenvalue weighted by Crippen LogP contribution is -2.44. The number of anilines is 1. The van der Waals surface area contributed by atoms with Gasteiger partial charge in [-0.15, -0.1) is 10.2 Å². The van der Waals surface area contributed by atoms with Crippen LogP contribution in [-0.2, 0) is 0 Å². The highest BCUT2D eigenvalue weighted by Gasteiger charge is 2.15. The average molecular weight is 257 g/mol. The zero-order valence-corrected chi connectivity index (χ0v) is 11.5. The van der Waals surface area contributed by atoms with Gasteiger partial charge in [-0.25, -0.2) is 0 Å². The van der Waals surface area contributed by atoms with Gasteiger partial charge in [0.2, 0.25) is 0 Å². The zero-order chi connectivity index (χ0) is 13.9. The molecule has 5 nitrogen and oxygen atoms in total. The van der Waals surface area contributed by atoms with Crippen LogP contribution in [0.15, 0.2) is 36.7 Å². The Morgan fingerprint density at radius 1 is 1.11 bits per heavy atom. The van der Waals surface area contributed by atoms with Crippen molar-refractivity contribution in [2.24, 2.45) is 5.73 Å². The van der Waals surface area contributed by atoms with Crippen molar-refractivity contribution in [1.82, 2.24) is 15.2 Å². The standard InChI is InChI=1S/C14H19N5/c1-14(2,15)10-19(3)13-5-4-12(17-18-13)11-6-8-16-9-7-11/h4-9H,10,15H2,1-3H3. The number of nitrogens with two attached hydrogens (primary N) is 1. The van der Waals surface area contributed by atoms with Gasteiger partial charge in [0.05, 0.1) is 5.69 Å². The van der Waals surface area contributed by atoms with Gasteiger partial charge in [-0.3, -0.25) is 4.98 Å². The van der Waals surface area contributed by atoms with Crippen LogP contribution >= 0.6 is 0 Å². The number of hydrogen-bond donors (Lipinski definition) is 1. The first-order valence-electron chi connectivity index (χ1n) is 6.20. The largest absolute Gasteiger partial charge is 0.356 e. The van der Waals surface area contributed by atoms with Crippen LogP contribution in [0.2, 0.25) is 0 Å². The summed E-state index contributed by atoms with van der Waals surface area (Å²) in [6.07, 6.45) is 3.49. The molecular formula is C14H19N5. The fraction of sp³-hybridized carbons (Fsp3) is 0.357. The Kier molecular flexibility index (Phi) is 3.76. The molecule has 2 N–H and O–H groups in total. The Balaban J connectivity index is 2.15. The minimum Gasteiger partial charge on any atom is -0.356 e. The molecule has 0 saturated heterocycles. The van der Waals surface area contributed by atoms with E-state index in [1.807, 2.05) is 50.1 Å². The lowest BCUT2D eigenvalue weighted by Gasteiger charge is -2.26. The highest BCUT2D eigenvalue weighted by molar-refractivity contribution is 5.58. The molecule has 0 aliphatic carbocycles. The first kappa shape index (κ1) is 13.4. The van der Waals surface area contributed by atoms with Gasteiger partial charge in [0.1, 0.15) is 0 Å². The van der Waals surface area contributed by atoms with Crippen molar-refractivity contribution in [2.75, 3.05) is 18.5 Å². The molecule has 0 radical (unpaired) electrons. The van der Waals surface area contributed by atoms with Crippen molar-refractivity contribution in [3.05, 3.63) is 36.7 Å². The molecule has 5 heteroatoms. The lowest BCUT2D eigenvalue weighted by atomic mass is 10.1. The molecule has 0 aliphatic rings. The van der Waals surface area contributed by atoms with E-state index in [9.17, 15) is 0 Å². The van der Waals surface area contributed by atoms with Crippen molar-refractivity contribution >= 4 is 5.82 Å². The van der Waals surface area contributed by atoms with E-state index in [4.69, 9.17) is 5.73 Å². The normalized spacial score (nSPS) is 11.4. The molecule has 0 saturated carbocycles. The number of aromatic nitrogens is 3. The fourth-order valence-corrected chi connectivity index (χ4v) is 1.90. The van der Waals surface area contributed by atoms with Crippen LogP contribution in [0.4, 0.5) is 5.82 Å². The summed E-state index contributed by atoms with van der Waals surface area (Å²) in [7, 11) is 1.96. The number of nitrogens with zero attached hydrogens (tertiary/aromatic N) is 4. The molecule has 0 aromatic carbocycles. The van der Waals surface area contributed by atoms with Gasteiger partial charge in [0, 0.05) is 37.1 Å². The first-order valence-corrected chi connectivity index (χ1v) is 6.20. The molecule has 0 amide bonds. The summed E-state index contributed by atoms with van der Waals surface area (Å²) in [6, 6.07) is 7.74. The Labute approximate surface area is 113 Å². The van der Waals surface area contributed by atoms with Crippen LogP contribution in [-0.4, -0.2) is 34.3 Å². The maximum atomic E-state index is 6.00. The third kappa shape index (κ3) is 3.72. The van der Waals surface area contributed by atoms with Gasteiger partial charge in [0.15, 0.2) is 5.82 Å². The monoisotopic (exact) mass is 257 g/mol. The second-order valence-corrected chi connectivity index (χ2v) is 5.36. The predicted molar refractivity (Wildman–Crippen MR) is 76.8 cm³/mol. The number of hydrogen-bond acceptors (Lipinski definition) is 5. The van der Waals surface area contributed by atoms with E-state index in [2.05, 4.69) is 15.2 Å². The molecule has 2 aromatic heterocycles. The van der Waals surface area contributed by atoms with E-state index in [-0.39, 0.29) is 5.54 Å². The summed E-state index contributed by atoms with van der Waals surface area (Å²) in [5, 5.41) is 8.48. The van der Waals surface area contributed by atoms with Crippen LogP contribution in [0.25, 0.3) is 11.3 Å². The van der Waals surface area contributed by atoms with Crippen molar-refractivity contribution in [3.63, 3.8) is 0 Å². The predicted octanol–water partition coefficient (Wildman–Crippen LogP) is 1.71. The Morgan fingerprint density at radius 2 is 1.79 bits per heavy atom. The third-order valence-corrected chi connectivity index (χ3v) is 2.66. The van der Waals surface area contributed by atoms with Crippen molar-refractivity contribution in [3.8, 4) is 11.3 Å². The average Bonchev–Trinajstić information content (AvgIpc) is 2.38. The fourth-order valence-electron chi connectivity index (χ4n) is 1.90. The summed E-state index contributed by atoms with van der Waals surface area (Å²) >= 11 is 0.